The third kappa shape index (κ3) is 3.57. The number of benzene rings is 1. The summed E-state index contributed by atoms with van der Waals surface area (Å²) in [5.41, 5.74) is 2.04. The van der Waals surface area contributed by atoms with Crippen LogP contribution in [0.25, 0.3) is 0 Å². The van der Waals surface area contributed by atoms with Gasteiger partial charge >= 0.3 is 5.97 Å². The van der Waals surface area contributed by atoms with Gasteiger partial charge in [0.1, 0.15) is 24.1 Å². The number of aromatic hydroxyl groups is 1. The number of hydrogen-bond donors (Lipinski definition) is 6. The summed E-state index contributed by atoms with van der Waals surface area (Å²) in [6.45, 7) is 2.06. The van der Waals surface area contributed by atoms with E-state index in [1.165, 1.54) is 11.1 Å². The number of carboxylic acid groups (broad SMARTS) is 1. The molecule has 33 heavy (non-hydrogen) atoms. The largest absolute Gasteiger partial charge is 0.508 e. The SMILES string of the molecule is C[C@]12CC[C@@H]3c4ccc(O)cc4CC[C@H]3[C@@H]1C[C@@H](O[C@H]1O[C@@H](C(=O)O)[C@H](O)[C@@H](O)[C@@H]1O)[C@@H]2O. The number of fused-ring (bicyclic) bond motifs is 5. The van der Waals surface area contributed by atoms with Gasteiger partial charge in [-0.05, 0) is 78.5 Å². The molecule has 0 amide bonds. The summed E-state index contributed by atoms with van der Waals surface area (Å²) in [5, 5.41) is 60.7. The second kappa shape index (κ2) is 8.18. The molecule has 182 valence electrons. The average molecular weight is 465 g/mol. The highest BCUT2D eigenvalue weighted by Crippen LogP contribution is 2.61. The third-order valence-electron chi connectivity index (χ3n) is 8.78. The molecule has 11 atom stereocenters. The number of aliphatic hydroxyl groups excluding tert-OH is 4. The molecule has 0 unspecified atom stereocenters. The van der Waals surface area contributed by atoms with Gasteiger partial charge < -0.3 is 40.1 Å². The molecular formula is C24H32O9. The van der Waals surface area contributed by atoms with Crippen LogP contribution in [0.5, 0.6) is 5.75 Å². The van der Waals surface area contributed by atoms with E-state index in [1.54, 1.807) is 6.07 Å². The normalized spacial score (nSPS) is 46.8. The first kappa shape index (κ1) is 23.0. The molecule has 6 N–H and O–H groups in total. The van der Waals surface area contributed by atoms with E-state index in [2.05, 4.69) is 6.92 Å². The maximum atomic E-state index is 11.4. The highest BCUT2D eigenvalue weighted by Gasteiger charge is 2.59. The first-order valence-electron chi connectivity index (χ1n) is 11.7. The van der Waals surface area contributed by atoms with E-state index in [0.717, 1.165) is 25.7 Å². The molecule has 1 heterocycles. The second-order valence-electron chi connectivity index (χ2n) is 10.4. The molecule has 9 heteroatoms. The van der Waals surface area contributed by atoms with Crippen LogP contribution in [0.3, 0.4) is 0 Å². The molecule has 0 bridgehead atoms. The van der Waals surface area contributed by atoms with Crippen molar-refractivity contribution in [2.45, 2.75) is 87.9 Å². The van der Waals surface area contributed by atoms with Crippen LogP contribution >= 0.6 is 0 Å². The quantitative estimate of drug-likeness (QED) is 0.375. The van der Waals surface area contributed by atoms with Crippen molar-refractivity contribution in [1.82, 2.24) is 0 Å². The van der Waals surface area contributed by atoms with E-state index in [0.29, 0.717) is 18.3 Å². The van der Waals surface area contributed by atoms with Crippen LogP contribution in [0.2, 0.25) is 0 Å². The molecule has 3 fully saturated rings. The molecule has 1 saturated heterocycles. The van der Waals surface area contributed by atoms with Crippen LogP contribution < -0.4 is 0 Å². The lowest BCUT2D eigenvalue weighted by Crippen LogP contribution is -2.61. The molecule has 0 radical (unpaired) electrons. The minimum Gasteiger partial charge on any atom is -0.508 e. The van der Waals surface area contributed by atoms with E-state index >= 15 is 0 Å². The van der Waals surface area contributed by atoms with E-state index in [4.69, 9.17) is 9.47 Å². The molecule has 2 saturated carbocycles. The van der Waals surface area contributed by atoms with Gasteiger partial charge in [-0.15, -0.1) is 0 Å². The fourth-order valence-electron chi connectivity index (χ4n) is 7.00. The number of rotatable bonds is 3. The molecule has 1 aromatic carbocycles. The number of carbonyl (C=O) groups is 1. The average Bonchev–Trinajstić information content (AvgIpc) is 3.03. The molecule has 9 nitrogen and oxygen atoms in total. The molecule has 5 rings (SSSR count). The Balaban J connectivity index is 1.36. The minimum absolute atomic E-state index is 0.157. The Morgan fingerprint density at radius 1 is 1.12 bits per heavy atom. The lowest BCUT2D eigenvalue weighted by molar-refractivity contribution is -0.309. The standard InChI is InChI=1S/C24H32O9/c1-24-7-6-13-12-5-3-11(25)8-10(12)2-4-14(13)15(24)9-16(21(24)29)32-23-19(28)17(26)18(27)20(33-23)22(30)31/h3,5,8,13-21,23,25-29H,2,4,6-7,9H2,1H3,(H,30,31)/t13-,14-,15+,16-,17-,18-,19+,20-,21+,23+,24+/m1/s1. The lowest BCUT2D eigenvalue weighted by Gasteiger charge is -2.49. The molecular weight excluding hydrogens is 432 g/mol. The smallest absolute Gasteiger partial charge is 0.335 e. The van der Waals surface area contributed by atoms with Gasteiger partial charge in [-0.1, -0.05) is 13.0 Å². The van der Waals surface area contributed by atoms with Crippen molar-refractivity contribution in [3.8, 4) is 5.75 Å². The van der Waals surface area contributed by atoms with Crippen molar-refractivity contribution >= 4 is 5.97 Å². The van der Waals surface area contributed by atoms with E-state index in [-0.39, 0.29) is 11.7 Å². The van der Waals surface area contributed by atoms with Gasteiger partial charge in [0.25, 0.3) is 0 Å². The molecule has 3 aliphatic carbocycles. The third-order valence-corrected chi connectivity index (χ3v) is 8.78. The maximum Gasteiger partial charge on any atom is 0.335 e. The predicted molar refractivity (Wildman–Crippen MR) is 113 cm³/mol. The Kier molecular flexibility index (Phi) is 5.70. The summed E-state index contributed by atoms with van der Waals surface area (Å²) in [4.78, 5) is 11.4. The molecule has 0 spiro atoms. The van der Waals surface area contributed by atoms with Crippen molar-refractivity contribution in [3.05, 3.63) is 29.3 Å². The summed E-state index contributed by atoms with van der Waals surface area (Å²) in [6, 6.07) is 5.58. The zero-order valence-electron chi connectivity index (χ0n) is 18.4. The predicted octanol–water partition coefficient (Wildman–Crippen LogP) is 0.496. The monoisotopic (exact) mass is 464 g/mol. The Morgan fingerprint density at radius 2 is 1.88 bits per heavy atom. The summed E-state index contributed by atoms with van der Waals surface area (Å²) < 4.78 is 11.2. The highest BCUT2D eigenvalue weighted by molar-refractivity contribution is 5.73. The van der Waals surface area contributed by atoms with Crippen LogP contribution in [0.4, 0.5) is 0 Å². The lowest BCUT2D eigenvalue weighted by atomic mass is 9.55. The fraction of sp³-hybridized carbons (Fsp3) is 0.708. The first-order chi connectivity index (χ1) is 15.6. The summed E-state index contributed by atoms with van der Waals surface area (Å²) in [5.74, 6) is -0.367. The first-order valence-corrected chi connectivity index (χ1v) is 11.7. The van der Waals surface area contributed by atoms with Crippen molar-refractivity contribution in [3.63, 3.8) is 0 Å². The Morgan fingerprint density at radius 3 is 2.61 bits per heavy atom. The Bertz CT molecular complexity index is 921. The van der Waals surface area contributed by atoms with Crippen LogP contribution in [0.15, 0.2) is 18.2 Å². The molecule has 1 aromatic rings. The number of carboxylic acids is 1. The van der Waals surface area contributed by atoms with Gasteiger partial charge in [0, 0.05) is 0 Å². The van der Waals surface area contributed by atoms with Gasteiger partial charge in [0.2, 0.25) is 0 Å². The fourth-order valence-corrected chi connectivity index (χ4v) is 7.00. The summed E-state index contributed by atoms with van der Waals surface area (Å²) >= 11 is 0. The highest BCUT2D eigenvalue weighted by atomic mass is 16.7. The van der Waals surface area contributed by atoms with Crippen LogP contribution in [0, 0.1) is 17.3 Å². The van der Waals surface area contributed by atoms with E-state index in [1.807, 2.05) is 12.1 Å². The number of ether oxygens (including phenoxy) is 2. The minimum atomic E-state index is -1.78. The Labute approximate surface area is 191 Å². The van der Waals surface area contributed by atoms with Crippen molar-refractivity contribution in [1.29, 1.82) is 0 Å². The van der Waals surface area contributed by atoms with E-state index in [9.17, 15) is 35.4 Å². The Hall–Kier alpha value is -1.75. The zero-order chi connectivity index (χ0) is 23.7. The second-order valence-corrected chi connectivity index (χ2v) is 10.4. The number of aliphatic carboxylic acids is 1. The zero-order valence-corrected chi connectivity index (χ0v) is 18.4. The number of aryl methyl sites for hydroxylation is 1. The van der Waals surface area contributed by atoms with Crippen LogP contribution in [0.1, 0.15) is 49.7 Å². The molecule has 1 aliphatic heterocycles. The van der Waals surface area contributed by atoms with Crippen molar-refractivity contribution in [2.75, 3.05) is 0 Å². The molecule has 0 aromatic heterocycles. The van der Waals surface area contributed by atoms with Crippen LogP contribution in [-0.4, -0.2) is 79.5 Å². The van der Waals surface area contributed by atoms with Crippen molar-refractivity contribution < 1.29 is 44.9 Å². The number of hydrogen-bond acceptors (Lipinski definition) is 8. The number of aliphatic hydroxyl groups is 4. The van der Waals surface area contributed by atoms with Crippen molar-refractivity contribution in [2.24, 2.45) is 17.3 Å². The van der Waals surface area contributed by atoms with Gasteiger partial charge in [0.05, 0.1) is 12.2 Å². The number of phenols is 1. The van der Waals surface area contributed by atoms with Gasteiger partial charge in [-0.3, -0.25) is 0 Å². The van der Waals surface area contributed by atoms with E-state index < -0.39 is 54.3 Å². The number of phenolic OH excluding ortho intramolecular Hbond substituents is 1. The molecule has 4 aliphatic rings. The van der Waals surface area contributed by atoms with Gasteiger partial charge in [0.15, 0.2) is 12.4 Å². The summed E-state index contributed by atoms with van der Waals surface area (Å²) in [7, 11) is 0. The maximum absolute atomic E-state index is 11.4. The van der Waals surface area contributed by atoms with Crippen LogP contribution in [-0.2, 0) is 20.7 Å². The van der Waals surface area contributed by atoms with Gasteiger partial charge in [-0.2, -0.15) is 0 Å². The summed E-state index contributed by atoms with van der Waals surface area (Å²) in [6.07, 6.45) is -5.89. The topological polar surface area (TPSA) is 157 Å². The van der Waals surface area contributed by atoms with Gasteiger partial charge in [-0.25, -0.2) is 4.79 Å².